The molecule has 1 aliphatic rings. The third kappa shape index (κ3) is 3.18. The minimum atomic E-state index is -0.428. The molecule has 0 radical (unpaired) electrons. The van der Waals surface area contributed by atoms with Gasteiger partial charge in [0.25, 0.3) is 5.69 Å². The maximum Gasteiger partial charge on any atom is 0.269 e. The van der Waals surface area contributed by atoms with Crippen molar-refractivity contribution >= 4 is 22.9 Å². The van der Waals surface area contributed by atoms with Gasteiger partial charge in [-0.05, 0) is 24.3 Å². The van der Waals surface area contributed by atoms with Crippen LogP contribution in [0.25, 0.3) is 0 Å². The Morgan fingerprint density at radius 3 is 2.32 bits per heavy atom. The SMILES string of the molecule is COc1ccccc1N1NC(c2ccccc2)=NN1c1ccc([N+](=O)[O-])cc1. The van der Waals surface area contributed by atoms with E-state index in [1.165, 1.54) is 12.1 Å². The van der Waals surface area contributed by atoms with Crippen molar-refractivity contribution in [3.63, 3.8) is 0 Å². The van der Waals surface area contributed by atoms with Crippen LogP contribution in [0.3, 0.4) is 0 Å². The zero-order valence-corrected chi connectivity index (χ0v) is 15.0. The van der Waals surface area contributed by atoms with E-state index < -0.39 is 4.92 Å². The van der Waals surface area contributed by atoms with Gasteiger partial charge in [-0.15, -0.1) is 5.10 Å². The van der Waals surface area contributed by atoms with Crippen LogP contribution < -0.4 is 20.4 Å². The molecule has 0 bridgehead atoms. The average molecular weight is 375 g/mol. The van der Waals surface area contributed by atoms with Gasteiger partial charge in [0.05, 0.1) is 17.7 Å². The van der Waals surface area contributed by atoms with E-state index in [1.54, 1.807) is 29.5 Å². The predicted molar refractivity (Wildman–Crippen MR) is 107 cm³/mol. The molecule has 0 spiro atoms. The molecule has 8 nitrogen and oxygen atoms in total. The van der Waals surface area contributed by atoms with Crippen molar-refractivity contribution in [3.05, 3.63) is 94.5 Å². The monoisotopic (exact) mass is 375 g/mol. The number of nitrogens with zero attached hydrogens (tertiary/aromatic N) is 4. The van der Waals surface area contributed by atoms with Gasteiger partial charge in [-0.2, -0.15) is 10.2 Å². The van der Waals surface area contributed by atoms with Crippen LogP contribution in [-0.4, -0.2) is 17.9 Å². The van der Waals surface area contributed by atoms with Gasteiger partial charge in [-0.3, -0.25) is 15.5 Å². The van der Waals surface area contributed by atoms with Crippen LogP contribution in [0.4, 0.5) is 17.1 Å². The molecule has 0 amide bonds. The fraction of sp³-hybridized carbons (Fsp3) is 0.0500. The number of nitro groups is 1. The molecular formula is C20H17N5O3. The number of ether oxygens (including phenoxy) is 1. The highest BCUT2D eigenvalue weighted by atomic mass is 16.6. The minimum absolute atomic E-state index is 0.0204. The quantitative estimate of drug-likeness (QED) is 0.541. The van der Waals surface area contributed by atoms with Crippen LogP contribution in [-0.2, 0) is 0 Å². The summed E-state index contributed by atoms with van der Waals surface area (Å²) in [5, 5.41) is 19.0. The number of nitro benzene ring substituents is 1. The van der Waals surface area contributed by atoms with E-state index in [2.05, 4.69) is 10.5 Å². The molecule has 0 aliphatic carbocycles. The largest absolute Gasteiger partial charge is 0.494 e. The number of benzene rings is 3. The van der Waals surface area contributed by atoms with Crippen LogP contribution in [0.15, 0.2) is 84.0 Å². The first-order valence-corrected chi connectivity index (χ1v) is 8.55. The van der Waals surface area contributed by atoms with E-state index in [1.807, 2.05) is 54.6 Å². The first-order chi connectivity index (χ1) is 13.7. The highest BCUT2D eigenvalue weighted by Gasteiger charge is 2.28. The topological polar surface area (TPSA) is 83.2 Å². The van der Waals surface area contributed by atoms with E-state index in [0.29, 0.717) is 17.3 Å². The zero-order chi connectivity index (χ0) is 19.5. The van der Waals surface area contributed by atoms with E-state index in [0.717, 1.165) is 11.3 Å². The van der Waals surface area contributed by atoms with Gasteiger partial charge in [0.2, 0.25) is 0 Å². The third-order valence-electron chi connectivity index (χ3n) is 4.25. The molecule has 8 heteroatoms. The number of para-hydroxylation sites is 2. The summed E-state index contributed by atoms with van der Waals surface area (Å²) >= 11 is 0. The zero-order valence-electron chi connectivity index (χ0n) is 15.0. The lowest BCUT2D eigenvalue weighted by Crippen LogP contribution is -2.44. The number of rotatable bonds is 5. The Morgan fingerprint density at radius 1 is 0.964 bits per heavy atom. The van der Waals surface area contributed by atoms with Crippen molar-refractivity contribution in [2.45, 2.75) is 0 Å². The molecule has 1 N–H and O–H groups in total. The van der Waals surface area contributed by atoms with E-state index in [4.69, 9.17) is 4.74 Å². The highest BCUT2D eigenvalue weighted by Crippen LogP contribution is 2.33. The Kier molecular flexibility index (Phi) is 4.51. The van der Waals surface area contributed by atoms with Gasteiger partial charge in [0, 0.05) is 17.7 Å². The van der Waals surface area contributed by atoms with Crippen LogP contribution in [0, 0.1) is 10.1 Å². The summed E-state index contributed by atoms with van der Waals surface area (Å²) in [6.07, 6.45) is 0. The number of hydrogen-bond acceptors (Lipinski definition) is 7. The standard InChI is InChI=1S/C20H17N5O3/c1-28-19-10-6-5-9-18(19)24-22-20(15-7-3-2-4-8-15)21-23(24)16-11-13-17(14-12-16)25(26)27/h2-14H,1H3,(H,21,22). The molecular weight excluding hydrogens is 358 g/mol. The van der Waals surface area contributed by atoms with Crippen molar-refractivity contribution in [3.8, 4) is 5.75 Å². The number of methoxy groups -OCH3 is 1. The summed E-state index contributed by atoms with van der Waals surface area (Å²) in [6, 6.07) is 23.4. The molecule has 0 unspecified atom stereocenters. The Balaban J connectivity index is 1.77. The number of hydrazone groups is 1. The van der Waals surface area contributed by atoms with E-state index in [-0.39, 0.29) is 5.69 Å². The Hall–Kier alpha value is -4.07. The van der Waals surface area contributed by atoms with Crippen molar-refractivity contribution in [2.24, 2.45) is 5.10 Å². The number of amidine groups is 1. The van der Waals surface area contributed by atoms with Gasteiger partial charge in [-0.1, -0.05) is 42.5 Å². The lowest BCUT2D eigenvalue weighted by atomic mass is 10.2. The fourth-order valence-electron chi connectivity index (χ4n) is 2.88. The second-order valence-corrected chi connectivity index (χ2v) is 5.97. The molecule has 1 heterocycles. The van der Waals surface area contributed by atoms with Gasteiger partial charge >= 0.3 is 0 Å². The van der Waals surface area contributed by atoms with Crippen molar-refractivity contribution in [1.82, 2.24) is 5.43 Å². The molecule has 1 aliphatic heterocycles. The molecule has 0 fully saturated rings. The van der Waals surface area contributed by atoms with E-state index in [9.17, 15) is 10.1 Å². The molecule has 140 valence electrons. The number of hydrogen-bond donors (Lipinski definition) is 1. The van der Waals surface area contributed by atoms with Gasteiger partial charge in [0.1, 0.15) is 11.4 Å². The minimum Gasteiger partial charge on any atom is -0.494 e. The second kappa shape index (κ2) is 7.28. The number of nitrogens with one attached hydrogen (secondary N) is 1. The fourth-order valence-corrected chi connectivity index (χ4v) is 2.88. The first kappa shape index (κ1) is 17.3. The molecule has 0 aromatic heterocycles. The summed E-state index contributed by atoms with van der Waals surface area (Å²) in [7, 11) is 1.60. The molecule has 3 aromatic rings. The summed E-state index contributed by atoms with van der Waals surface area (Å²) in [4.78, 5) is 10.5. The average Bonchev–Trinajstić information content (AvgIpc) is 3.19. The molecule has 3 aromatic carbocycles. The maximum absolute atomic E-state index is 11.0. The van der Waals surface area contributed by atoms with Crippen LogP contribution in [0.2, 0.25) is 0 Å². The lowest BCUT2D eigenvalue weighted by Gasteiger charge is -2.28. The lowest BCUT2D eigenvalue weighted by molar-refractivity contribution is -0.384. The Labute approximate surface area is 161 Å². The van der Waals surface area contributed by atoms with Crippen LogP contribution in [0.5, 0.6) is 5.75 Å². The highest BCUT2D eigenvalue weighted by molar-refractivity contribution is 6.02. The summed E-state index contributed by atoms with van der Waals surface area (Å²) < 4.78 is 5.48. The normalized spacial score (nSPS) is 13.1. The maximum atomic E-state index is 11.0. The van der Waals surface area contributed by atoms with E-state index >= 15 is 0 Å². The van der Waals surface area contributed by atoms with Crippen molar-refractivity contribution in [2.75, 3.05) is 17.3 Å². The van der Waals surface area contributed by atoms with Crippen LogP contribution >= 0.6 is 0 Å². The van der Waals surface area contributed by atoms with Gasteiger partial charge in [-0.25, -0.2) is 0 Å². The molecule has 0 saturated carbocycles. The van der Waals surface area contributed by atoms with Crippen molar-refractivity contribution in [1.29, 1.82) is 0 Å². The predicted octanol–water partition coefficient (Wildman–Crippen LogP) is 3.71. The molecule has 4 rings (SSSR count). The Bertz CT molecular complexity index is 1020. The first-order valence-electron chi connectivity index (χ1n) is 8.55. The number of anilines is 2. The molecule has 28 heavy (non-hydrogen) atoms. The smallest absolute Gasteiger partial charge is 0.269 e. The molecule has 0 saturated heterocycles. The third-order valence-corrected chi connectivity index (χ3v) is 4.25. The second-order valence-electron chi connectivity index (χ2n) is 5.97. The summed E-state index contributed by atoms with van der Waals surface area (Å²) in [5.74, 6) is 1.30. The van der Waals surface area contributed by atoms with Gasteiger partial charge in [0.15, 0.2) is 5.84 Å². The van der Waals surface area contributed by atoms with Crippen LogP contribution in [0.1, 0.15) is 5.56 Å². The summed E-state index contributed by atoms with van der Waals surface area (Å²) in [5.41, 5.74) is 5.62. The Morgan fingerprint density at radius 2 is 1.64 bits per heavy atom. The van der Waals surface area contributed by atoms with Gasteiger partial charge < -0.3 is 4.74 Å². The number of hydrazine groups is 2. The summed E-state index contributed by atoms with van der Waals surface area (Å²) in [6.45, 7) is 0. The molecule has 0 atom stereocenters. The number of non-ortho nitro benzene ring substituents is 1. The van der Waals surface area contributed by atoms with Crippen molar-refractivity contribution < 1.29 is 9.66 Å².